The molecule has 3 rings (SSSR count). The molecule has 0 atom stereocenters. The summed E-state index contributed by atoms with van der Waals surface area (Å²) in [6.07, 6.45) is 2.16. The highest BCUT2D eigenvalue weighted by molar-refractivity contribution is 5.86. The van der Waals surface area contributed by atoms with Crippen molar-refractivity contribution in [1.29, 1.82) is 0 Å². The van der Waals surface area contributed by atoms with Crippen LogP contribution >= 0.6 is 0 Å². The summed E-state index contributed by atoms with van der Waals surface area (Å²) < 4.78 is 11.6. The first-order valence-electron chi connectivity index (χ1n) is 8.29. The fourth-order valence-electron chi connectivity index (χ4n) is 2.62. The monoisotopic (exact) mass is 309 g/mol. The quantitative estimate of drug-likeness (QED) is 0.592. The van der Waals surface area contributed by atoms with Crippen LogP contribution in [0.25, 0.3) is 22.2 Å². The molecule has 23 heavy (non-hydrogen) atoms. The molecule has 0 aliphatic rings. The second-order valence-corrected chi connectivity index (χ2v) is 5.57. The predicted molar refractivity (Wildman–Crippen MR) is 95.3 cm³/mol. The molecule has 1 N–H and O–H groups in total. The summed E-state index contributed by atoms with van der Waals surface area (Å²) in [6, 6.07) is 16.6. The smallest absolute Gasteiger partial charge is 0.161 e. The van der Waals surface area contributed by atoms with Crippen LogP contribution in [0.3, 0.4) is 0 Å². The highest BCUT2D eigenvalue weighted by atomic mass is 16.5. The Morgan fingerprint density at radius 2 is 1.78 bits per heavy atom. The molecule has 0 bridgehead atoms. The zero-order valence-corrected chi connectivity index (χ0v) is 13.8. The minimum absolute atomic E-state index is 0.635. The van der Waals surface area contributed by atoms with Crippen molar-refractivity contribution in [3.63, 3.8) is 0 Å². The first-order valence-corrected chi connectivity index (χ1v) is 8.29. The SMILES string of the molecule is CCCCOc1cc(-c2cc3ccccc3[nH]2)ccc1OCC. The fourth-order valence-corrected chi connectivity index (χ4v) is 2.62. The number of rotatable bonds is 7. The standard InChI is InChI=1S/C20H23NO2/c1-3-5-12-23-20-14-16(10-11-19(20)22-4-2)18-13-15-8-6-7-9-17(15)21-18/h6-11,13-14,21H,3-5,12H2,1-2H3. The Bertz CT molecular complexity index is 743. The molecule has 120 valence electrons. The van der Waals surface area contributed by atoms with Crippen LogP contribution in [0.5, 0.6) is 11.5 Å². The average molecular weight is 309 g/mol. The Labute approximate surface area is 137 Å². The maximum absolute atomic E-state index is 5.93. The number of aromatic amines is 1. The Morgan fingerprint density at radius 3 is 2.57 bits per heavy atom. The van der Waals surface area contributed by atoms with Gasteiger partial charge in [-0.3, -0.25) is 0 Å². The number of H-pyrrole nitrogens is 1. The van der Waals surface area contributed by atoms with Crippen molar-refractivity contribution in [1.82, 2.24) is 4.98 Å². The van der Waals surface area contributed by atoms with Crippen LogP contribution in [0.2, 0.25) is 0 Å². The first-order chi connectivity index (χ1) is 11.3. The second kappa shape index (κ2) is 7.23. The fraction of sp³-hybridized carbons (Fsp3) is 0.300. The van der Waals surface area contributed by atoms with E-state index >= 15 is 0 Å². The van der Waals surface area contributed by atoms with Crippen LogP contribution < -0.4 is 9.47 Å². The van der Waals surface area contributed by atoms with E-state index in [0.29, 0.717) is 13.2 Å². The minimum Gasteiger partial charge on any atom is -0.490 e. The van der Waals surface area contributed by atoms with E-state index in [9.17, 15) is 0 Å². The molecular weight excluding hydrogens is 286 g/mol. The van der Waals surface area contributed by atoms with Crippen LogP contribution in [0.1, 0.15) is 26.7 Å². The van der Waals surface area contributed by atoms with Gasteiger partial charge in [0.2, 0.25) is 0 Å². The number of benzene rings is 2. The molecule has 0 aliphatic heterocycles. The van der Waals surface area contributed by atoms with Crippen LogP contribution in [0.15, 0.2) is 48.5 Å². The van der Waals surface area contributed by atoms with Gasteiger partial charge in [0.1, 0.15) is 0 Å². The van der Waals surface area contributed by atoms with Gasteiger partial charge in [0, 0.05) is 22.2 Å². The molecule has 2 aromatic carbocycles. The van der Waals surface area contributed by atoms with Crippen LogP contribution in [0.4, 0.5) is 0 Å². The molecule has 3 aromatic rings. The van der Waals surface area contributed by atoms with Gasteiger partial charge in [-0.1, -0.05) is 31.5 Å². The number of aromatic nitrogens is 1. The van der Waals surface area contributed by atoms with Gasteiger partial charge >= 0.3 is 0 Å². The third-order valence-corrected chi connectivity index (χ3v) is 3.84. The van der Waals surface area contributed by atoms with Crippen molar-refractivity contribution in [3.8, 4) is 22.8 Å². The highest BCUT2D eigenvalue weighted by Crippen LogP contribution is 2.33. The maximum Gasteiger partial charge on any atom is 0.161 e. The van der Waals surface area contributed by atoms with Crippen LogP contribution in [0, 0.1) is 0 Å². The third kappa shape index (κ3) is 3.50. The van der Waals surface area contributed by atoms with E-state index in [4.69, 9.17) is 9.47 Å². The normalized spacial score (nSPS) is 10.9. The summed E-state index contributed by atoms with van der Waals surface area (Å²) in [6.45, 7) is 5.50. The van der Waals surface area contributed by atoms with E-state index in [2.05, 4.69) is 48.3 Å². The van der Waals surface area contributed by atoms with E-state index in [1.165, 1.54) is 5.39 Å². The van der Waals surface area contributed by atoms with Crippen molar-refractivity contribution in [2.24, 2.45) is 0 Å². The molecule has 0 saturated heterocycles. The summed E-state index contributed by atoms with van der Waals surface area (Å²) in [7, 11) is 0. The number of hydrogen-bond acceptors (Lipinski definition) is 2. The van der Waals surface area contributed by atoms with Gasteiger partial charge in [0.25, 0.3) is 0 Å². The van der Waals surface area contributed by atoms with Gasteiger partial charge in [0.05, 0.1) is 13.2 Å². The van der Waals surface area contributed by atoms with E-state index in [-0.39, 0.29) is 0 Å². The third-order valence-electron chi connectivity index (χ3n) is 3.84. The topological polar surface area (TPSA) is 34.2 Å². The number of hydrogen-bond donors (Lipinski definition) is 1. The lowest BCUT2D eigenvalue weighted by atomic mass is 10.1. The van der Waals surface area contributed by atoms with Crippen molar-refractivity contribution in [2.75, 3.05) is 13.2 Å². The summed E-state index contributed by atoms with van der Waals surface area (Å²) >= 11 is 0. The second-order valence-electron chi connectivity index (χ2n) is 5.57. The van der Waals surface area contributed by atoms with E-state index < -0.39 is 0 Å². The minimum atomic E-state index is 0.635. The van der Waals surface area contributed by atoms with Crippen LogP contribution in [-0.4, -0.2) is 18.2 Å². The Hall–Kier alpha value is -2.42. The van der Waals surface area contributed by atoms with Gasteiger partial charge in [-0.05, 0) is 43.7 Å². The first kappa shape index (κ1) is 15.5. The molecular formula is C20H23NO2. The van der Waals surface area contributed by atoms with E-state index in [1.807, 2.05) is 19.1 Å². The molecule has 0 saturated carbocycles. The molecule has 3 heteroatoms. The number of ether oxygens (including phenoxy) is 2. The van der Waals surface area contributed by atoms with Crippen molar-refractivity contribution in [2.45, 2.75) is 26.7 Å². The molecule has 0 fully saturated rings. The lowest BCUT2D eigenvalue weighted by Crippen LogP contribution is -2.00. The molecule has 1 aromatic heterocycles. The van der Waals surface area contributed by atoms with Gasteiger partial charge < -0.3 is 14.5 Å². The lowest BCUT2D eigenvalue weighted by molar-refractivity contribution is 0.273. The molecule has 1 heterocycles. The van der Waals surface area contributed by atoms with Gasteiger partial charge in [-0.2, -0.15) is 0 Å². The lowest BCUT2D eigenvalue weighted by Gasteiger charge is -2.13. The highest BCUT2D eigenvalue weighted by Gasteiger charge is 2.09. The Balaban J connectivity index is 1.93. The largest absolute Gasteiger partial charge is 0.490 e. The predicted octanol–water partition coefficient (Wildman–Crippen LogP) is 5.41. The zero-order chi connectivity index (χ0) is 16.1. The van der Waals surface area contributed by atoms with Gasteiger partial charge in [0.15, 0.2) is 11.5 Å². The molecule has 0 spiro atoms. The van der Waals surface area contributed by atoms with Crippen molar-refractivity contribution < 1.29 is 9.47 Å². The molecule has 0 aliphatic carbocycles. The number of unbranched alkanes of at least 4 members (excludes halogenated alkanes) is 1. The zero-order valence-electron chi connectivity index (χ0n) is 13.8. The summed E-state index contributed by atoms with van der Waals surface area (Å²) in [5, 5.41) is 1.21. The maximum atomic E-state index is 5.93. The van der Waals surface area contributed by atoms with Gasteiger partial charge in [-0.25, -0.2) is 0 Å². The van der Waals surface area contributed by atoms with E-state index in [1.54, 1.807) is 0 Å². The molecule has 3 nitrogen and oxygen atoms in total. The van der Waals surface area contributed by atoms with Crippen LogP contribution in [-0.2, 0) is 0 Å². The van der Waals surface area contributed by atoms with E-state index in [0.717, 1.165) is 41.1 Å². The number of para-hydroxylation sites is 1. The summed E-state index contributed by atoms with van der Waals surface area (Å²) in [5.41, 5.74) is 3.34. The summed E-state index contributed by atoms with van der Waals surface area (Å²) in [4.78, 5) is 3.46. The van der Waals surface area contributed by atoms with Gasteiger partial charge in [-0.15, -0.1) is 0 Å². The Kier molecular flexibility index (Phi) is 4.86. The van der Waals surface area contributed by atoms with Crippen molar-refractivity contribution >= 4 is 10.9 Å². The number of fused-ring (bicyclic) bond motifs is 1. The Morgan fingerprint density at radius 1 is 0.913 bits per heavy atom. The summed E-state index contributed by atoms with van der Waals surface area (Å²) in [5.74, 6) is 1.62. The molecule has 0 unspecified atom stereocenters. The van der Waals surface area contributed by atoms with Crippen molar-refractivity contribution in [3.05, 3.63) is 48.5 Å². The average Bonchev–Trinajstić information content (AvgIpc) is 3.01. The number of nitrogens with one attached hydrogen (secondary N) is 1. The molecule has 0 radical (unpaired) electrons. The molecule has 0 amide bonds.